The molecule has 1 unspecified atom stereocenters. The van der Waals surface area contributed by atoms with Crippen LogP contribution in [0.5, 0.6) is 0 Å². The molecule has 2 aliphatic rings. The second-order valence-corrected chi connectivity index (χ2v) is 7.41. The molecule has 2 fully saturated rings. The van der Waals surface area contributed by atoms with Crippen molar-refractivity contribution >= 4 is 23.4 Å². The summed E-state index contributed by atoms with van der Waals surface area (Å²) < 4.78 is 9.94. The zero-order valence-corrected chi connectivity index (χ0v) is 16.1. The van der Waals surface area contributed by atoms with E-state index in [-0.39, 0.29) is 11.6 Å². The number of nitro benzene ring substituents is 1. The van der Waals surface area contributed by atoms with Crippen molar-refractivity contribution < 1.29 is 19.0 Å². The summed E-state index contributed by atoms with van der Waals surface area (Å²) in [6, 6.07) is 4.95. The molecule has 1 aliphatic carbocycles. The summed E-state index contributed by atoms with van der Waals surface area (Å²) in [5, 5.41) is 15.8. The fourth-order valence-corrected chi connectivity index (χ4v) is 3.61. The summed E-state index contributed by atoms with van der Waals surface area (Å²) >= 11 is 0. The zero-order chi connectivity index (χ0) is 20.4. The van der Waals surface area contributed by atoms with Gasteiger partial charge in [0.15, 0.2) is 5.82 Å². The van der Waals surface area contributed by atoms with Crippen molar-refractivity contribution in [3.63, 3.8) is 0 Å². The van der Waals surface area contributed by atoms with E-state index < -0.39 is 10.9 Å². The predicted molar refractivity (Wildman–Crippen MR) is 105 cm³/mol. The van der Waals surface area contributed by atoms with Gasteiger partial charge in [-0.2, -0.15) is 4.98 Å². The summed E-state index contributed by atoms with van der Waals surface area (Å²) in [6.07, 6.45) is 6.75. The van der Waals surface area contributed by atoms with Crippen LogP contribution in [-0.4, -0.2) is 41.2 Å². The molecule has 9 heteroatoms. The number of esters is 1. The molecule has 2 heterocycles. The fraction of sp³-hybridized carbons (Fsp3) is 0.450. The van der Waals surface area contributed by atoms with Crippen LogP contribution >= 0.6 is 0 Å². The van der Waals surface area contributed by atoms with E-state index in [1.165, 1.54) is 25.3 Å². The highest BCUT2D eigenvalue weighted by Gasteiger charge is 2.33. The molecule has 1 aromatic heterocycles. The Bertz CT molecular complexity index is 950. The van der Waals surface area contributed by atoms with Gasteiger partial charge in [0.1, 0.15) is 5.69 Å². The van der Waals surface area contributed by atoms with Gasteiger partial charge in [0, 0.05) is 37.1 Å². The van der Waals surface area contributed by atoms with Gasteiger partial charge >= 0.3 is 5.97 Å². The number of carbonyl (C=O) groups excluding carboxylic acids is 1. The monoisotopic (exact) mass is 398 g/mol. The fourth-order valence-electron chi connectivity index (χ4n) is 3.61. The molecule has 1 aromatic carbocycles. The molecule has 1 saturated carbocycles. The highest BCUT2D eigenvalue weighted by Crippen LogP contribution is 2.40. The molecule has 9 nitrogen and oxygen atoms in total. The summed E-state index contributed by atoms with van der Waals surface area (Å²) in [7, 11) is 1.28. The Balaban J connectivity index is 1.54. The normalized spacial score (nSPS) is 19.5. The topological polar surface area (TPSA) is 112 Å². The van der Waals surface area contributed by atoms with E-state index in [0.29, 0.717) is 35.4 Å². The molecule has 2 aromatic rings. The number of methoxy groups -OCH3 is 1. The number of piperidine rings is 1. The van der Waals surface area contributed by atoms with Crippen molar-refractivity contribution in [2.45, 2.75) is 37.5 Å². The number of hydrogen-bond acceptors (Lipinski definition) is 8. The average molecular weight is 398 g/mol. The van der Waals surface area contributed by atoms with E-state index in [2.05, 4.69) is 14.9 Å². The number of carbonyl (C=O) groups is 1. The Morgan fingerprint density at radius 2 is 2.17 bits per heavy atom. The third-order valence-electron chi connectivity index (χ3n) is 5.32. The largest absolute Gasteiger partial charge is 0.466 e. The summed E-state index contributed by atoms with van der Waals surface area (Å²) in [4.78, 5) is 29.1. The SMILES string of the molecule is COC(=O)/C=C/c1ccc(N2CCCC(c3noc(C4CC4)n3)C2)c([N+](=O)[O-])c1. The highest BCUT2D eigenvalue weighted by molar-refractivity contribution is 5.87. The molecule has 0 amide bonds. The lowest BCUT2D eigenvalue weighted by Crippen LogP contribution is -2.35. The van der Waals surface area contributed by atoms with Crippen LogP contribution in [-0.2, 0) is 9.53 Å². The van der Waals surface area contributed by atoms with Gasteiger partial charge in [0.25, 0.3) is 5.69 Å². The van der Waals surface area contributed by atoms with Crippen molar-refractivity contribution in [2.75, 3.05) is 25.1 Å². The molecule has 0 N–H and O–H groups in total. The minimum absolute atomic E-state index is 0.00412. The lowest BCUT2D eigenvalue weighted by Gasteiger charge is -2.32. The molecule has 152 valence electrons. The van der Waals surface area contributed by atoms with Crippen LogP contribution in [0.15, 0.2) is 28.8 Å². The molecule has 0 spiro atoms. The lowest BCUT2D eigenvalue weighted by molar-refractivity contribution is -0.384. The molecule has 29 heavy (non-hydrogen) atoms. The Hall–Kier alpha value is -3.23. The molecule has 1 aliphatic heterocycles. The minimum Gasteiger partial charge on any atom is -0.466 e. The first-order valence-electron chi connectivity index (χ1n) is 9.68. The van der Waals surface area contributed by atoms with Crippen LogP contribution in [0, 0.1) is 10.1 Å². The third-order valence-corrected chi connectivity index (χ3v) is 5.32. The average Bonchev–Trinajstić information content (AvgIpc) is 3.48. The van der Waals surface area contributed by atoms with Gasteiger partial charge in [-0.25, -0.2) is 4.79 Å². The Morgan fingerprint density at radius 3 is 2.90 bits per heavy atom. The quantitative estimate of drug-likeness (QED) is 0.315. The van der Waals surface area contributed by atoms with Crippen molar-refractivity contribution in [1.82, 2.24) is 10.1 Å². The van der Waals surface area contributed by atoms with Crippen LogP contribution in [0.25, 0.3) is 6.08 Å². The maximum Gasteiger partial charge on any atom is 0.330 e. The standard InChI is InChI=1S/C20H22N4O5/c1-28-18(25)9-5-13-4-8-16(17(11-13)24(26)27)23-10-2-3-15(12-23)19-21-20(29-22-19)14-6-7-14/h4-5,8-9,11,14-15H,2-3,6-7,10,12H2,1H3/b9-5+. The van der Waals surface area contributed by atoms with Gasteiger partial charge in [-0.1, -0.05) is 11.2 Å². The van der Waals surface area contributed by atoms with Gasteiger partial charge in [-0.15, -0.1) is 0 Å². The molecule has 1 saturated heterocycles. The van der Waals surface area contributed by atoms with Crippen molar-refractivity contribution in [2.24, 2.45) is 0 Å². The van der Waals surface area contributed by atoms with Crippen molar-refractivity contribution in [3.05, 3.63) is 51.7 Å². The number of nitrogens with zero attached hydrogens (tertiary/aromatic N) is 4. The van der Waals surface area contributed by atoms with E-state index in [4.69, 9.17) is 4.52 Å². The number of anilines is 1. The smallest absolute Gasteiger partial charge is 0.330 e. The van der Waals surface area contributed by atoms with E-state index >= 15 is 0 Å². The maximum atomic E-state index is 11.7. The van der Waals surface area contributed by atoms with Crippen molar-refractivity contribution in [1.29, 1.82) is 0 Å². The summed E-state index contributed by atoms with van der Waals surface area (Å²) in [5.41, 5.74) is 1.12. The zero-order valence-electron chi connectivity index (χ0n) is 16.1. The number of aromatic nitrogens is 2. The predicted octanol–water partition coefficient (Wildman–Crippen LogP) is 3.43. The van der Waals surface area contributed by atoms with Gasteiger partial charge in [-0.3, -0.25) is 10.1 Å². The number of benzene rings is 1. The number of nitro groups is 1. The van der Waals surface area contributed by atoms with Crippen LogP contribution in [0.2, 0.25) is 0 Å². The lowest BCUT2D eigenvalue weighted by atomic mass is 9.96. The molecule has 1 atom stereocenters. The van der Waals surface area contributed by atoms with E-state index in [9.17, 15) is 14.9 Å². The number of hydrogen-bond donors (Lipinski definition) is 0. The third kappa shape index (κ3) is 4.28. The Labute approximate surface area is 167 Å². The second-order valence-electron chi connectivity index (χ2n) is 7.41. The van der Waals surface area contributed by atoms with Crippen LogP contribution in [0.3, 0.4) is 0 Å². The van der Waals surface area contributed by atoms with Gasteiger partial charge in [-0.05, 0) is 43.4 Å². The molecular weight excluding hydrogens is 376 g/mol. The molecule has 4 rings (SSSR count). The second kappa shape index (κ2) is 8.02. The van der Waals surface area contributed by atoms with Crippen molar-refractivity contribution in [3.8, 4) is 0 Å². The molecule has 0 bridgehead atoms. The Kier molecular flexibility index (Phi) is 5.28. The maximum absolute atomic E-state index is 11.7. The van der Waals surface area contributed by atoms with E-state index in [1.54, 1.807) is 12.1 Å². The first-order valence-corrected chi connectivity index (χ1v) is 9.68. The Morgan fingerprint density at radius 1 is 1.34 bits per heavy atom. The first kappa shape index (κ1) is 19.1. The number of rotatable bonds is 6. The van der Waals surface area contributed by atoms with E-state index in [1.807, 2.05) is 4.90 Å². The first-order chi connectivity index (χ1) is 14.0. The van der Waals surface area contributed by atoms with Crippen LogP contribution < -0.4 is 4.90 Å². The molecule has 0 radical (unpaired) electrons. The summed E-state index contributed by atoms with van der Waals surface area (Å²) in [5.74, 6) is 1.38. The van der Waals surface area contributed by atoms with Gasteiger partial charge in [0.2, 0.25) is 5.89 Å². The number of ether oxygens (including phenoxy) is 1. The van der Waals surface area contributed by atoms with Gasteiger partial charge in [0.05, 0.1) is 12.0 Å². The van der Waals surface area contributed by atoms with Gasteiger partial charge < -0.3 is 14.2 Å². The summed E-state index contributed by atoms with van der Waals surface area (Å²) in [6.45, 7) is 1.32. The highest BCUT2D eigenvalue weighted by atomic mass is 16.6. The van der Waals surface area contributed by atoms with Crippen LogP contribution in [0.4, 0.5) is 11.4 Å². The minimum atomic E-state index is -0.513. The van der Waals surface area contributed by atoms with E-state index in [0.717, 1.165) is 32.2 Å². The molecular formula is C20H22N4O5. The van der Waals surface area contributed by atoms with Crippen LogP contribution in [0.1, 0.15) is 54.8 Å².